The van der Waals surface area contributed by atoms with E-state index >= 15 is 0 Å². The first-order valence-electron chi connectivity index (χ1n) is 8.72. The Balaban J connectivity index is 0.000000480. The number of carbonyl (C=O) groups is 1. The first-order valence-corrected chi connectivity index (χ1v) is 8.72. The van der Waals surface area contributed by atoms with Gasteiger partial charge in [0.05, 0.1) is 10.5 Å². The summed E-state index contributed by atoms with van der Waals surface area (Å²) in [5.74, 6) is 0. The summed E-state index contributed by atoms with van der Waals surface area (Å²) < 4.78 is 44.1. The van der Waals surface area contributed by atoms with Gasteiger partial charge in [-0.05, 0) is 40.7 Å². The molecule has 1 aliphatic heterocycles. The van der Waals surface area contributed by atoms with Crippen molar-refractivity contribution in [2.24, 2.45) is 0 Å². The molecular weight excluding hydrogens is 379 g/mol. The van der Waals surface area contributed by atoms with Gasteiger partial charge >= 0.3 is 6.18 Å². The van der Waals surface area contributed by atoms with Crippen molar-refractivity contribution in [2.75, 3.05) is 18.0 Å². The number of piperazine rings is 1. The third-order valence-corrected chi connectivity index (χ3v) is 3.80. The van der Waals surface area contributed by atoms with Gasteiger partial charge in [-0.1, -0.05) is 0 Å². The first kappa shape index (κ1) is 23.7. The molecule has 1 heterocycles. The van der Waals surface area contributed by atoms with Crippen LogP contribution >= 0.6 is 0 Å². The largest absolute Gasteiger partial charge is 0.462 e. The fourth-order valence-corrected chi connectivity index (χ4v) is 2.81. The van der Waals surface area contributed by atoms with Crippen molar-refractivity contribution in [3.05, 3.63) is 33.9 Å². The quantitative estimate of drug-likeness (QED) is 0.468. The van der Waals surface area contributed by atoms with Gasteiger partial charge in [-0.25, -0.2) is 0 Å². The van der Waals surface area contributed by atoms with Gasteiger partial charge in [-0.3, -0.25) is 14.9 Å². The number of anilines is 1. The van der Waals surface area contributed by atoms with Crippen LogP contribution in [0.15, 0.2) is 18.2 Å². The van der Waals surface area contributed by atoms with Crippen molar-refractivity contribution in [1.82, 2.24) is 5.32 Å². The second-order valence-electron chi connectivity index (χ2n) is 7.66. The molecule has 1 aromatic rings. The normalized spacial score (nSPS) is 20.1. The minimum absolute atomic E-state index is 0.00620. The molecule has 0 amide bonds. The highest BCUT2D eigenvalue weighted by atomic mass is 19.4. The summed E-state index contributed by atoms with van der Waals surface area (Å²) in [5.41, 5.74) is -1.84. The van der Waals surface area contributed by atoms with E-state index in [-0.39, 0.29) is 23.4 Å². The first-order chi connectivity index (χ1) is 12.7. The lowest BCUT2D eigenvalue weighted by Gasteiger charge is -2.38. The Hall–Kier alpha value is -2.36. The topological polar surface area (TPSA) is 84.7 Å². The number of alkyl halides is 3. The second kappa shape index (κ2) is 9.22. The molecule has 0 bridgehead atoms. The third-order valence-electron chi connectivity index (χ3n) is 3.80. The predicted molar refractivity (Wildman–Crippen MR) is 99.3 cm³/mol. The third kappa shape index (κ3) is 7.34. The minimum Gasteiger partial charge on any atom is -0.462 e. The van der Waals surface area contributed by atoms with Crippen LogP contribution in [-0.4, -0.2) is 42.2 Å². The maximum atomic E-state index is 13.2. The molecule has 2 unspecified atom stereocenters. The molecule has 2 rings (SSSR count). The van der Waals surface area contributed by atoms with E-state index in [1.165, 1.54) is 6.07 Å². The molecule has 1 fully saturated rings. The number of nitro groups is 1. The number of halogens is 3. The van der Waals surface area contributed by atoms with E-state index in [9.17, 15) is 28.1 Å². The summed E-state index contributed by atoms with van der Waals surface area (Å²) in [5, 5.41) is 13.9. The van der Waals surface area contributed by atoms with Gasteiger partial charge in [0.15, 0.2) is 0 Å². The summed E-state index contributed by atoms with van der Waals surface area (Å²) in [7, 11) is 0. The van der Waals surface area contributed by atoms with Crippen LogP contribution < -0.4 is 10.2 Å². The lowest BCUT2D eigenvalue weighted by atomic mass is 10.1. The van der Waals surface area contributed by atoms with E-state index in [1.54, 1.807) is 4.90 Å². The zero-order valence-electron chi connectivity index (χ0n) is 16.5. The molecule has 0 aromatic heterocycles. The summed E-state index contributed by atoms with van der Waals surface area (Å²) in [6, 6.07) is 3.00. The Morgan fingerprint density at radius 2 is 1.75 bits per heavy atom. The van der Waals surface area contributed by atoms with Crippen molar-refractivity contribution in [3.63, 3.8) is 0 Å². The van der Waals surface area contributed by atoms with Gasteiger partial charge in [0.1, 0.15) is 5.60 Å². The van der Waals surface area contributed by atoms with Crippen molar-refractivity contribution < 1.29 is 27.6 Å². The van der Waals surface area contributed by atoms with Crippen LogP contribution in [0.1, 0.15) is 40.2 Å². The SMILES string of the molecule is CC(C)(C)OC=O.CC1CN(c2ccc([N+](=O)[O-])cc2C(F)(F)F)CC(C)N1. The van der Waals surface area contributed by atoms with Gasteiger partial charge in [0.2, 0.25) is 0 Å². The maximum absolute atomic E-state index is 13.2. The standard InChI is InChI=1S/C13H16F3N3O2.C5H10O2/c1-8-6-18(7-9(2)17-8)12-4-3-10(19(20)21)5-11(12)13(14,15)16;1-5(2,3)7-4-6/h3-5,8-9,17H,6-7H2,1-2H3;4H,1-3H3. The molecule has 0 aliphatic carbocycles. The smallest absolute Gasteiger partial charge is 0.418 e. The molecule has 10 heteroatoms. The molecule has 7 nitrogen and oxygen atoms in total. The van der Waals surface area contributed by atoms with E-state index < -0.39 is 22.4 Å². The molecule has 0 radical (unpaired) electrons. The highest BCUT2D eigenvalue weighted by Crippen LogP contribution is 2.39. The van der Waals surface area contributed by atoms with E-state index in [0.717, 1.165) is 6.07 Å². The molecule has 0 spiro atoms. The number of non-ortho nitro benzene ring substituents is 1. The molecule has 158 valence electrons. The van der Waals surface area contributed by atoms with Crippen LogP contribution in [0, 0.1) is 10.1 Å². The molecule has 1 aliphatic rings. The summed E-state index contributed by atoms with van der Waals surface area (Å²) in [4.78, 5) is 21.1. The number of nitrogens with zero attached hydrogens (tertiary/aromatic N) is 2. The van der Waals surface area contributed by atoms with Gasteiger partial charge in [-0.2, -0.15) is 13.2 Å². The number of benzene rings is 1. The summed E-state index contributed by atoms with van der Waals surface area (Å²) >= 11 is 0. The molecule has 2 atom stereocenters. The van der Waals surface area contributed by atoms with E-state index in [4.69, 9.17) is 0 Å². The van der Waals surface area contributed by atoms with Gasteiger partial charge in [-0.15, -0.1) is 0 Å². The number of rotatable bonds is 3. The number of carbonyl (C=O) groups excluding carboxylic acids is 1. The molecule has 28 heavy (non-hydrogen) atoms. The highest BCUT2D eigenvalue weighted by Gasteiger charge is 2.37. The lowest BCUT2D eigenvalue weighted by Crippen LogP contribution is -2.54. The predicted octanol–water partition coefficient (Wildman–Crippen LogP) is 3.76. The Morgan fingerprint density at radius 1 is 1.21 bits per heavy atom. The molecule has 1 aromatic carbocycles. The van der Waals surface area contributed by atoms with E-state index in [1.807, 2.05) is 34.6 Å². The Morgan fingerprint density at radius 3 is 2.11 bits per heavy atom. The van der Waals surface area contributed by atoms with Crippen LogP contribution in [0.3, 0.4) is 0 Å². The number of hydrogen-bond acceptors (Lipinski definition) is 6. The van der Waals surface area contributed by atoms with E-state index in [0.29, 0.717) is 25.6 Å². The van der Waals surface area contributed by atoms with Gasteiger partial charge in [0.25, 0.3) is 12.2 Å². The number of nitro benzene ring substituents is 1. The second-order valence-corrected chi connectivity index (χ2v) is 7.66. The minimum atomic E-state index is -4.63. The lowest BCUT2D eigenvalue weighted by molar-refractivity contribution is -0.385. The van der Waals surface area contributed by atoms with Crippen LogP contribution in [-0.2, 0) is 15.7 Å². The van der Waals surface area contributed by atoms with Crippen LogP contribution in [0.5, 0.6) is 0 Å². The average molecular weight is 405 g/mol. The highest BCUT2D eigenvalue weighted by molar-refractivity contribution is 5.59. The molecule has 1 N–H and O–H groups in total. The van der Waals surface area contributed by atoms with Crippen molar-refractivity contribution in [3.8, 4) is 0 Å². The zero-order valence-corrected chi connectivity index (χ0v) is 16.5. The van der Waals surface area contributed by atoms with Gasteiger partial charge < -0.3 is 15.0 Å². The van der Waals surface area contributed by atoms with Gasteiger partial charge in [0, 0.05) is 43.0 Å². The summed E-state index contributed by atoms with van der Waals surface area (Å²) in [6.07, 6.45) is -4.63. The maximum Gasteiger partial charge on any atom is 0.418 e. The van der Waals surface area contributed by atoms with Crippen LogP contribution in [0.4, 0.5) is 24.5 Å². The average Bonchev–Trinajstić information content (AvgIpc) is 2.52. The Labute approximate surface area is 162 Å². The monoisotopic (exact) mass is 405 g/mol. The van der Waals surface area contributed by atoms with Crippen molar-refractivity contribution in [1.29, 1.82) is 0 Å². The molecular formula is C18H26F3N3O4. The molecule has 1 saturated heterocycles. The molecule has 0 saturated carbocycles. The van der Waals surface area contributed by atoms with Crippen LogP contribution in [0.25, 0.3) is 0 Å². The van der Waals surface area contributed by atoms with E-state index in [2.05, 4.69) is 10.1 Å². The van der Waals surface area contributed by atoms with Crippen LogP contribution in [0.2, 0.25) is 0 Å². The Bertz CT molecular complexity index is 680. The number of nitrogens with one attached hydrogen (secondary N) is 1. The zero-order chi connectivity index (χ0) is 21.7. The van der Waals surface area contributed by atoms with Crippen molar-refractivity contribution >= 4 is 17.8 Å². The number of ether oxygens (including phenoxy) is 1. The summed E-state index contributed by atoms with van der Waals surface area (Å²) in [6.45, 7) is 10.5. The van der Waals surface area contributed by atoms with Crippen molar-refractivity contribution in [2.45, 2.75) is 58.5 Å². The number of hydrogen-bond donors (Lipinski definition) is 1. The Kier molecular flexibility index (Phi) is 7.80. The fraction of sp³-hybridized carbons (Fsp3) is 0.611. The fourth-order valence-electron chi connectivity index (χ4n) is 2.81.